The predicted octanol–water partition coefficient (Wildman–Crippen LogP) is 6.50. The molecule has 0 atom stereocenters. The lowest BCUT2D eigenvalue weighted by molar-refractivity contribution is -0.129. The van der Waals surface area contributed by atoms with Gasteiger partial charge in [0.2, 0.25) is 5.90 Å². The highest BCUT2D eigenvalue weighted by molar-refractivity contribution is 9.10. The van der Waals surface area contributed by atoms with Crippen molar-refractivity contribution in [3.63, 3.8) is 0 Å². The van der Waals surface area contributed by atoms with Crippen LogP contribution in [0.25, 0.3) is 6.08 Å². The van der Waals surface area contributed by atoms with Gasteiger partial charge in [-0.25, -0.2) is 9.79 Å². The Kier molecular flexibility index (Phi) is 6.94. The lowest BCUT2D eigenvalue weighted by Crippen LogP contribution is -2.05. The van der Waals surface area contributed by atoms with Gasteiger partial charge < -0.3 is 14.2 Å². The summed E-state index contributed by atoms with van der Waals surface area (Å²) in [4.78, 5) is 17.0. The van der Waals surface area contributed by atoms with Gasteiger partial charge in [-0.3, -0.25) is 0 Å². The van der Waals surface area contributed by atoms with Crippen molar-refractivity contribution in [3.8, 4) is 11.5 Å². The molecule has 1 aliphatic heterocycles. The zero-order valence-electron chi connectivity index (χ0n) is 18.7. The smallest absolute Gasteiger partial charge is 0.363 e. The Morgan fingerprint density at radius 1 is 1.03 bits per heavy atom. The zero-order valence-corrected chi connectivity index (χ0v) is 20.3. The van der Waals surface area contributed by atoms with E-state index in [0.717, 1.165) is 15.6 Å². The second-order valence-electron chi connectivity index (χ2n) is 7.91. The van der Waals surface area contributed by atoms with Crippen molar-refractivity contribution < 1.29 is 19.0 Å². The van der Waals surface area contributed by atoms with Gasteiger partial charge in [0.1, 0.15) is 6.61 Å². The molecule has 0 aromatic heterocycles. The number of ether oxygens (including phenoxy) is 3. The van der Waals surface area contributed by atoms with Crippen LogP contribution >= 0.6 is 15.9 Å². The van der Waals surface area contributed by atoms with E-state index in [1.54, 1.807) is 13.2 Å². The van der Waals surface area contributed by atoms with Crippen molar-refractivity contribution in [2.75, 3.05) is 7.11 Å². The van der Waals surface area contributed by atoms with Crippen LogP contribution in [0, 0.1) is 0 Å². The van der Waals surface area contributed by atoms with Gasteiger partial charge in [0, 0.05) is 15.6 Å². The Morgan fingerprint density at radius 2 is 1.76 bits per heavy atom. The standard InChI is InChI=1S/C27H24BrNO4/c1-17(2)19-9-11-20(12-10-19)26-29-23(27(30)33-26)15-21-5-4-6-24(31-3)25(21)32-16-18-7-13-22(28)14-8-18/h4-15,17H,16H2,1-3H3/b23-15-. The number of methoxy groups -OCH3 is 1. The fourth-order valence-corrected chi connectivity index (χ4v) is 3.65. The Balaban J connectivity index is 1.62. The minimum atomic E-state index is -0.500. The van der Waals surface area contributed by atoms with Gasteiger partial charge in [0.25, 0.3) is 0 Å². The van der Waals surface area contributed by atoms with Gasteiger partial charge in [-0.05, 0) is 53.5 Å². The second kappa shape index (κ2) is 10.0. The van der Waals surface area contributed by atoms with Crippen molar-refractivity contribution in [3.05, 3.63) is 99.2 Å². The highest BCUT2D eigenvalue weighted by Crippen LogP contribution is 2.34. The van der Waals surface area contributed by atoms with Crippen molar-refractivity contribution in [1.82, 2.24) is 0 Å². The molecule has 1 heterocycles. The van der Waals surface area contributed by atoms with Crippen LogP contribution in [0.15, 0.2) is 81.9 Å². The van der Waals surface area contributed by atoms with E-state index >= 15 is 0 Å². The molecule has 0 spiro atoms. The second-order valence-corrected chi connectivity index (χ2v) is 8.82. The average molecular weight is 506 g/mol. The number of para-hydroxylation sites is 1. The molecule has 0 bridgehead atoms. The minimum absolute atomic E-state index is 0.208. The number of halogens is 1. The summed E-state index contributed by atoms with van der Waals surface area (Å²) in [7, 11) is 1.58. The predicted molar refractivity (Wildman–Crippen MR) is 133 cm³/mol. The quantitative estimate of drug-likeness (QED) is 0.271. The summed E-state index contributed by atoms with van der Waals surface area (Å²) in [5, 5.41) is 0. The molecule has 0 saturated heterocycles. The number of hydrogen-bond donors (Lipinski definition) is 0. The third-order valence-corrected chi connectivity index (χ3v) is 5.79. The molecule has 0 unspecified atom stereocenters. The van der Waals surface area contributed by atoms with Crippen LogP contribution in [0.1, 0.15) is 42.0 Å². The van der Waals surface area contributed by atoms with Gasteiger partial charge in [-0.1, -0.05) is 66.2 Å². The fourth-order valence-electron chi connectivity index (χ4n) is 3.39. The van der Waals surface area contributed by atoms with E-state index in [-0.39, 0.29) is 5.70 Å². The lowest BCUT2D eigenvalue weighted by atomic mass is 10.0. The number of hydrogen-bond acceptors (Lipinski definition) is 5. The summed E-state index contributed by atoms with van der Waals surface area (Å²) in [5.41, 5.74) is 3.86. The molecule has 6 heteroatoms. The van der Waals surface area contributed by atoms with Gasteiger partial charge in [-0.2, -0.15) is 0 Å². The van der Waals surface area contributed by atoms with Crippen molar-refractivity contribution in [2.24, 2.45) is 4.99 Å². The van der Waals surface area contributed by atoms with E-state index in [1.165, 1.54) is 5.56 Å². The van der Waals surface area contributed by atoms with E-state index < -0.39 is 5.97 Å². The molecule has 168 valence electrons. The Morgan fingerprint density at radius 3 is 2.42 bits per heavy atom. The summed E-state index contributed by atoms with van der Waals surface area (Å²) < 4.78 is 18.0. The topological polar surface area (TPSA) is 57.1 Å². The maximum Gasteiger partial charge on any atom is 0.363 e. The number of carbonyl (C=O) groups excluding carboxylic acids is 1. The van der Waals surface area contributed by atoms with Crippen LogP contribution < -0.4 is 9.47 Å². The average Bonchev–Trinajstić information content (AvgIpc) is 3.19. The summed E-state index contributed by atoms with van der Waals surface area (Å²) in [6.07, 6.45) is 1.66. The molecule has 0 fully saturated rings. The van der Waals surface area contributed by atoms with Gasteiger partial charge in [0.15, 0.2) is 17.2 Å². The highest BCUT2D eigenvalue weighted by atomic mass is 79.9. The third kappa shape index (κ3) is 5.34. The molecule has 0 N–H and O–H groups in total. The molecule has 3 aromatic carbocycles. The highest BCUT2D eigenvalue weighted by Gasteiger charge is 2.25. The van der Waals surface area contributed by atoms with E-state index in [1.807, 2.05) is 66.7 Å². The molecule has 0 radical (unpaired) electrons. The molecule has 0 aliphatic carbocycles. The van der Waals surface area contributed by atoms with Crippen LogP contribution in [-0.4, -0.2) is 19.0 Å². The summed E-state index contributed by atoms with van der Waals surface area (Å²) in [5.74, 6) is 1.32. The van der Waals surface area contributed by atoms with E-state index in [0.29, 0.717) is 35.5 Å². The van der Waals surface area contributed by atoms with Crippen LogP contribution in [0.2, 0.25) is 0 Å². The molecular weight excluding hydrogens is 482 g/mol. The van der Waals surface area contributed by atoms with Crippen LogP contribution in [0.4, 0.5) is 0 Å². The minimum Gasteiger partial charge on any atom is -0.493 e. The molecule has 33 heavy (non-hydrogen) atoms. The molecule has 1 aliphatic rings. The molecule has 0 saturated carbocycles. The monoisotopic (exact) mass is 505 g/mol. The zero-order chi connectivity index (χ0) is 23.4. The summed E-state index contributed by atoms with van der Waals surface area (Å²) in [6, 6.07) is 21.3. The van der Waals surface area contributed by atoms with Crippen LogP contribution in [-0.2, 0) is 16.1 Å². The van der Waals surface area contributed by atoms with Gasteiger partial charge in [-0.15, -0.1) is 0 Å². The first-order valence-electron chi connectivity index (χ1n) is 10.6. The maximum atomic E-state index is 12.5. The number of aliphatic imine (C=N–C) groups is 1. The number of esters is 1. The Labute approximate surface area is 201 Å². The van der Waals surface area contributed by atoms with Crippen LogP contribution in [0.3, 0.4) is 0 Å². The van der Waals surface area contributed by atoms with E-state index in [4.69, 9.17) is 14.2 Å². The van der Waals surface area contributed by atoms with Gasteiger partial charge in [0.05, 0.1) is 7.11 Å². The Hall–Kier alpha value is -3.38. The SMILES string of the molecule is COc1cccc(/C=C2\N=C(c3ccc(C(C)C)cc3)OC2=O)c1OCc1ccc(Br)cc1. The molecule has 3 aromatic rings. The van der Waals surface area contributed by atoms with E-state index in [9.17, 15) is 4.79 Å². The van der Waals surface area contributed by atoms with Crippen molar-refractivity contribution in [2.45, 2.75) is 26.4 Å². The number of nitrogens with zero attached hydrogens (tertiary/aromatic N) is 1. The lowest BCUT2D eigenvalue weighted by Gasteiger charge is -2.13. The third-order valence-electron chi connectivity index (χ3n) is 5.26. The van der Waals surface area contributed by atoms with Crippen molar-refractivity contribution in [1.29, 1.82) is 0 Å². The largest absolute Gasteiger partial charge is 0.493 e. The molecular formula is C27H24BrNO4. The normalized spacial score (nSPS) is 14.4. The first-order chi connectivity index (χ1) is 15.9. The number of carbonyl (C=O) groups is 1. The first kappa shape index (κ1) is 22.8. The fraction of sp³-hybridized carbons (Fsp3) is 0.185. The van der Waals surface area contributed by atoms with Gasteiger partial charge >= 0.3 is 5.97 Å². The number of benzene rings is 3. The van der Waals surface area contributed by atoms with Crippen molar-refractivity contribution >= 4 is 33.9 Å². The Bertz CT molecular complexity index is 1210. The molecule has 0 amide bonds. The molecule has 4 rings (SSSR count). The molecule has 5 nitrogen and oxygen atoms in total. The number of rotatable bonds is 7. The first-order valence-corrected chi connectivity index (χ1v) is 11.4. The van der Waals surface area contributed by atoms with E-state index in [2.05, 4.69) is 34.8 Å². The number of cyclic esters (lactones) is 1. The summed E-state index contributed by atoms with van der Waals surface area (Å²) in [6.45, 7) is 4.62. The maximum absolute atomic E-state index is 12.5. The summed E-state index contributed by atoms with van der Waals surface area (Å²) >= 11 is 3.44. The van der Waals surface area contributed by atoms with Crippen LogP contribution in [0.5, 0.6) is 11.5 Å².